The Bertz CT molecular complexity index is 534. The van der Waals surface area contributed by atoms with E-state index in [0.29, 0.717) is 28.9 Å². The topological polar surface area (TPSA) is 38.8 Å². The van der Waals surface area contributed by atoms with E-state index in [9.17, 15) is 4.79 Å². The molecule has 1 aromatic carbocycles. The van der Waals surface area contributed by atoms with Gasteiger partial charge in [-0.1, -0.05) is 23.2 Å². The first-order valence-electron chi connectivity index (χ1n) is 6.80. The summed E-state index contributed by atoms with van der Waals surface area (Å²) in [5.74, 6) is 0.374. The maximum Gasteiger partial charge on any atom is 0.260 e. The molecule has 21 heavy (non-hydrogen) atoms. The molecule has 1 aromatic rings. The van der Waals surface area contributed by atoms with E-state index in [1.807, 2.05) is 20.8 Å². The summed E-state index contributed by atoms with van der Waals surface area (Å²) in [6.45, 7) is 6.97. The molecule has 0 aliphatic carbocycles. The highest BCUT2D eigenvalue weighted by Gasteiger charge is 2.33. The Morgan fingerprint density at radius 3 is 2.81 bits per heavy atom. The molecule has 0 bridgehead atoms. The number of amides is 1. The lowest BCUT2D eigenvalue weighted by molar-refractivity contribution is -0.159. The highest BCUT2D eigenvalue weighted by atomic mass is 35.5. The van der Waals surface area contributed by atoms with Crippen molar-refractivity contribution in [2.75, 3.05) is 19.7 Å². The van der Waals surface area contributed by atoms with Gasteiger partial charge in [-0.05, 0) is 39.0 Å². The SMILES string of the molecule is C[C@H]1CN(C(=O)COc2ccc(Cl)cc2Cl)CC(C)(C)O1. The van der Waals surface area contributed by atoms with E-state index >= 15 is 0 Å². The Balaban J connectivity index is 1.95. The van der Waals surface area contributed by atoms with Crippen LogP contribution in [0.1, 0.15) is 20.8 Å². The summed E-state index contributed by atoms with van der Waals surface area (Å²) in [6, 6.07) is 4.92. The van der Waals surface area contributed by atoms with Crippen molar-refractivity contribution in [3.8, 4) is 5.75 Å². The normalized spacial score (nSPS) is 21.2. The number of hydrogen-bond donors (Lipinski definition) is 0. The monoisotopic (exact) mass is 331 g/mol. The van der Waals surface area contributed by atoms with Gasteiger partial charge in [0, 0.05) is 18.1 Å². The zero-order chi connectivity index (χ0) is 15.6. The van der Waals surface area contributed by atoms with E-state index < -0.39 is 0 Å². The minimum absolute atomic E-state index is 0.0109. The van der Waals surface area contributed by atoms with Crippen LogP contribution in [0.2, 0.25) is 10.0 Å². The number of nitrogens with zero attached hydrogens (tertiary/aromatic N) is 1. The molecule has 1 fully saturated rings. The molecule has 1 atom stereocenters. The fourth-order valence-corrected chi connectivity index (χ4v) is 2.93. The fraction of sp³-hybridized carbons (Fsp3) is 0.533. The van der Waals surface area contributed by atoms with Crippen LogP contribution in [0, 0.1) is 0 Å². The summed E-state index contributed by atoms with van der Waals surface area (Å²) < 4.78 is 11.3. The Labute approximate surface area is 134 Å². The van der Waals surface area contributed by atoms with Gasteiger partial charge < -0.3 is 14.4 Å². The number of morpholine rings is 1. The van der Waals surface area contributed by atoms with Gasteiger partial charge in [0.25, 0.3) is 5.91 Å². The minimum Gasteiger partial charge on any atom is -0.482 e. The van der Waals surface area contributed by atoms with Crippen LogP contribution in [0.15, 0.2) is 18.2 Å². The lowest BCUT2D eigenvalue weighted by Gasteiger charge is -2.41. The van der Waals surface area contributed by atoms with Crippen molar-refractivity contribution in [2.24, 2.45) is 0 Å². The van der Waals surface area contributed by atoms with Gasteiger partial charge >= 0.3 is 0 Å². The Morgan fingerprint density at radius 2 is 2.19 bits per heavy atom. The molecule has 4 nitrogen and oxygen atoms in total. The van der Waals surface area contributed by atoms with Gasteiger partial charge in [0.15, 0.2) is 6.61 Å². The van der Waals surface area contributed by atoms with Gasteiger partial charge in [-0.25, -0.2) is 0 Å². The first kappa shape index (κ1) is 16.4. The van der Waals surface area contributed by atoms with Crippen molar-refractivity contribution in [1.29, 1.82) is 0 Å². The van der Waals surface area contributed by atoms with Crippen LogP contribution in [-0.2, 0) is 9.53 Å². The lowest BCUT2D eigenvalue weighted by Crippen LogP contribution is -2.54. The Morgan fingerprint density at radius 1 is 1.48 bits per heavy atom. The summed E-state index contributed by atoms with van der Waals surface area (Å²) >= 11 is 11.8. The highest BCUT2D eigenvalue weighted by Crippen LogP contribution is 2.27. The van der Waals surface area contributed by atoms with E-state index in [1.165, 1.54) is 0 Å². The number of ether oxygens (including phenoxy) is 2. The summed E-state index contributed by atoms with van der Waals surface area (Å²) in [6.07, 6.45) is 0.0109. The minimum atomic E-state index is -0.342. The van der Waals surface area contributed by atoms with Crippen molar-refractivity contribution in [3.63, 3.8) is 0 Å². The smallest absolute Gasteiger partial charge is 0.260 e. The molecule has 0 saturated carbocycles. The number of carbonyl (C=O) groups excluding carboxylic acids is 1. The zero-order valence-corrected chi connectivity index (χ0v) is 13.9. The number of hydrogen-bond acceptors (Lipinski definition) is 3. The fourth-order valence-electron chi connectivity index (χ4n) is 2.47. The van der Waals surface area contributed by atoms with Gasteiger partial charge in [-0.15, -0.1) is 0 Å². The standard InChI is InChI=1S/C15H19Cl2NO3/c1-10-7-18(9-15(2,3)21-10)14(19)8-20-13-5-4-11(16)6-12(13)17/h4-6,10H,7-9H2,1-3H3/t10-/m0/s1. The molecular weight excluding hydrogens is 313 g/mol. The quantitative estimate of drug-likeness (QED) is 0.852. The largest absolute Gasteiger partial charge is 0.482 e. The summed E-state index contributed by atoms with van der Waals surface area (Å²) in [7, 11) is 0. The van der Waals surface area contributed by atoms with Crippen molar-refractivity contribution in [1.82, 2.24) is 4.90 Å². The van der Waals surface area contributed by atoms with E-state index in [4.69, 9.17) is 32.7 Å². The molecule has 6 heteroatoms. The van der Waals surface area contributed by atoms with Crippen molar-refractivity contribution >= 4 is 29.1 Å². The third-order valence-corrected chi connectivity index (χ3v) is 3.70. The molecule has 116 valence electrons. The van der Waals surface area contributed by atoms with Gasteiger partial charge in [0.2, 0.25) is 0 Å². The maximum atomic E-state index is 12.3. The molecule has 1 saturated heterocycles. The van der Waals surface area contributed by atoms with Gasteiger partial charge in [-0.3, -0.25) is 4.79 Å². The first-order chi connectivity index (χ1) is 9.77. The Hall–Kier alpha value is -0.970. The predicted octanol–water partition coefficient (Wildman–Crippen LogP) is 3.40. The lowest BCUT2D eigenvalue weighted by atomic mass is 10.1. The molecule has 1 amide bonds. The van der Waals surface area contributed by atoms with Crippen molar-refractivity contribution in [3.05, 3.63) is 28.2 Å². The second kappa shape index (κ2) is 6.42. The molecule has 1 heterocycles. The second-order valence-corrected chi connectivity index (χ2v) is 6.67. The molecule has 1 aliphatic heterocycles. The van der Waals surface area contributed by atoms with E-state index in [2.05, 4.69) is 0 Å². The second-order valence-electron chi connectivity index (χ2n) is 5.83. The maximum absolute atomic E-state index is 12.3. The van der Waals surface area contributed by atoms with Crippen molar-refractivity contribution < 1.29 is 14.3 Å². The summed E-state index contributed by atoms with van der Waals surface area (Å²) in [5, 5.41) is 0.924. The number of halogens is 2. The zero-order valence-electron chi connectivity index (χ0n) is 12.4. The molecule has 0 N–H and O–H groups in total. The third kappa shape index (κ3) is 4.50. The summed E-state index contributed by atoms with van der Waals surface area (Å²) in [5.41, 5.74) is -0.342. The first-order valence-corrected chi connectivity index (χ1v) is 7.56. The molecule has 0 aromatic heterocycles. The Kier molecular flexibility index (Phi) is 5.02. The average molecular weight is 332 g/mol. The van der Waals surface area contributed by atoms with E-state index in [-0.39, 0.29) is 24.2 Å². The third-order valence-electron chi connectivity index (χ3n) is 3.17. The predicted molar refractivity (Wildman–Crippen MR) is 83.2 cm³/mol. The van der Waals surface area contributed by atoms with Crippen LogP contribution in [0.5, 0.6) is 5.75 Å². The van der Waals surface area contributed by atoms with Crippen LogP contribution in [0.4, 0.5) is 0 Å². The van der Waals surface area contributed by atoms with Crippen molar-refractivity contribution in [2.45, 2.75) is 32.5 Å². The van der Waals surface area contributed by atoms with Crippen LogP contribution in [-0.4, -0.2) is 42.2 Å². The van der Waals surface area contributed by atoms with Crippen LogP contribution < -0.4 is 4.74 Å². The van der Waals surface area contributed by atoms with Gasteiger partial charge in [0.1, 0.15) is 5.75 Å². The molecule has 0 radical (unpaired) electrons. The molecule has 2 rings (SSSR count). The van der Waals surface area contributed by atoms with Gasteiger partial charge in [-0.2, -0.15) is 0 Å². The molecule has 1 aliphatic rings. The number of rotatable bonds is 3. The van der Waals surface area contributed by atoms with Crippen LogP contribution in [0.25, 0.3) is 0 Å². The highest BCUT2D eigenvalue weighted by molar-refractivity contribution is 6.35. The average Bonchev–Trinajstić information content (AvgIpc) is 2.35. The van der Waals surface area contributed by atoms with Crippen LogP contribution in [0.3, 0.4) is 0 Å². The molecular formula is C15H19Cl2NO3. The van der Waals surface area contributed by atoms with Crippen LogP contribution >= 0.6 is 23.2 Å². The van der Waals surface area contributed by atoms with Gasteiger partial charge in [0.05, 0.1) is 16.7 Å². The molecule has 0 spiro atoms. The number of carbonyl (C=O) groups is 1. The van der Waals surface area contributed by atoms with E-state index in [0.717, 1.165) is 0 Å². The van der Waals surface area contributed by atoms with E-state index in [1.54, 1.807) is 23.1 Å². The molecule has 0 unspecified atom stereocenters. The summed E-state index contributed by atoms with van der Waals surface area (Å²) in [4.78, 5) is 14.0. The number of benzene rings is 1.